The first-order valence-corrected chi connectivity index (χ1v) is 12.7. The van der Waals surface area contributed by atoms with Crippen LogP contribution < -0.4 is 15.6 Å². The summed E-state index contributed by atoms with van der Waals surface area (Å²) in [6, 6.07) is 21.3. The zero-order chi connectivity index (χ0) is 25.7. The van der Waals surface area contributed by atoms with Crippen LogP contribution in [0.1, 0.15) is 38.6 Å². The minimum atomic E-state index is -0.483. The quantitative estimate of drug-likeness (QED) is 0.270. The van der Waals surface area contributed by atoms with Crippen molar-refractivity contribution in [2.24, 2.45) is 0 Å². The molecule has 0 aliphatic rings. The molecule has 0 bridgehead atoms. The van der Waals surface area contributed by atoms with Crippen LogP contribution in [0.3, 0.4) is 0 Å². The number of carbonyl (C=O) groups excluding carboxylic acids is 1. The number of fused-ring (bicyclic) bond motifs is 1. The summed E-state index contributed by atoms with van der Waals surface area (Å²) in [4.78, 5) is 33.8. The van der Waals surface area contributed by atoms with Gasteiger partial charge in [-0.05, 0) is 67.9 Å². The van der Waals surface area contributed by atoms with Gasteiger partial charge in [0.15, 0.2) is 0 Å². The van der Waals surface area contributed by atoms with Crippen molar-refractivity contribution in [1.82, 2.24) is 14.5 Å². The van der Waals surface area contributed by atoms with Crippen LogP contribution in [0.5, 0.6) is 5.75 Å². The zero-order valence-corrected chi connectivity index (χ0v) is 22.2. The number of rotatable bonds is 8. The third-order valence-electron chi connectivity index (χ3n) is 6.06. The van der Waals surface area contributed by atoms with Crippen LogP contribution in [0.4, 0.5) is 10.5 Å². The maximum Gasteiger partial charge on any atom is 0.322 e. The summed E-state index contributed by atoms with van der Waals surface area (Å²) >= 11 is 3.45. The number of para-hydroxylation sites is 1. The lowest BCUT2D eigenvalue weighted by Gasteiger charge is -2.30. The molecule has 1 N–H and O–H groups in total. The Kier molecular flexibility index (Phi) is 8.05. The predicted octanol–water partition coefficient (Wildman–Crippen LogP) is 6.55. The maximum absolute atomic E-state index is 13.7. The Bertz CT molecular complexity index is 1420. The molecular weight excluding hydrogens is 520 g/mol. The van der Waals surface area contributed by atoms with Crippen molar-refractivity contribution in [1.29, 1.82) is 0 Å². The molecule has 186 valence electrons. The summed E-state index contributed by atoms with van der Waals surface area (Å²) in [5.41, 5.74) is 1.75. The second-order valence-electron chi connectivity index (χ2n) is 8.49. The molecule has 8 heteroatoms. The number of carbonyl (C=O) groups is 1. The van der Waals surface area contributed by atoms with E-state index in [-0.39, 0.29) is 11.6 Å². The number of anilines is 1. The van der Waals surface area contributed by atoms with E-state index in [0.29, 0.717) is 40.4 Å². The van der Waals surface area contributed by atoms with Gasteiger partial charge in [0, 0.05) is 16.7 Å². The molecule has 0 aliphatic carbocycles. The standard InChI is InChI=1S/C28H29BrN4O3/c1-4-5-17-32(28(35)30-21-10-8-9-20(29)18-21)19(2)26-31-25-12-7-6-11-24(25)27(34)33(26)22-13-15-23(36-3)16-14-22/h6-16,18-19H,4-5,17H2,1-3H3,(H,30,35). The van der Waals surface area contributed by atoms with Gasteiger partial charge < -0.3 is 15.0 Å². The molecular formula is C28H29BrN4O3. The van der Waals surface area contributed by atoms with Crippen LogP contribution in [-0.2, 0) is 0 Å². The fourth-order valence-electron chi connectivity index (χ4n) is 4.11. The van der Waals surface area contributed by atoms with E-state index in [0.717, 1.165) is 17.3 Å². The molecule has 1 unspecified atom stereocenters. The Morgan fingerprint density at radius 1 is 1.11 bits per heavy atom. The van der Waals surface area contributed by atoms with E-state index >= 15 is 0 Å². The number of hydrogen-bond donors (Lipinski definition) is 1. The zero-order valence-electron chi connectivity index (χ0n) is 20.6. The van der Waals surface area contributed by atoms with E-state index in [1.165, 1.54) is 0 Å². The first-order chi connectivity index (χ1) is 17.4. The smallest absolute Gasteiger partial charge is 0.322 e. The van der Waals surface area contributed by atoms with Crippen molar-refractivity contribution in [3.8, 4) is 11.4 Å². The maximum atomic E-state index is 13.7. The van der Waals surface area contributed by atoms with Gasteiger partial charge in [-0.15, -0.1) is 0 Å². The van der Waals surface area contributed by atoms with Crippen molar-refractivity contribution in [2.45, 2.75) is 32.7 Å². The molecule has 3 aromatic carbocycles. The summed E-state index contributed by atoms with van der Waals surface area (Å²) in [5.74, 6) is 1.18. The van der Waals surface area contributed by atoms with Crippen molar-refractivity contribution in [2.75, 3.05) is 19.0 Å². The minimum Gasteiger partial charge on any atom is -0.497 e. The van der Waals surface area contributed by atoms with Crippen LogP contribution in [0.25, 0.3) is 16.6 Å². The minimum absolute atomic E-state index is 0.185. The van der Waals surface area contributed by atoms with Crippen LogP contribution in [0, 0.1) is 0 Å². The molecule has 0 radical (unpaired) electrons. The van der Waals surface area contributed by atoms with E-state index in [2.05, 4.69) is 28.2 Å². The highest BCUT2D eigenvalue weighted by Crippen LogP contribution is 2.25. The van der Waals surface area contributed by atoms with Gasteiger partial charge >= 0.3 is 6.03 Å². The highest BCUT2D eigenvalue weighted by Gasteiger charge is 2.27. The van der Waals surface area contributed by atoms with E-state index in [1.807, 2.05) is 61.5 Å². The number of benzene rings is 3. The number of aromatic nitrogens is 2. The lowest BCUT2D eigenvalue weighted by atomic mass is 10.1. The summed E-state index contributed by atoms with van der Waals surface area (Å²) in [5, 5.41) is 3.51. The first-order valence-electron chi connectivity index (χ1n) is 11.9. The lowest BCUT2D eigenvalue weighted by Crippen LogP contribution is -2.40. The Labute approximate surface area is 218 Å². The molecule has 0 aliphatic heterocycles. The Hall–Kier alpha value is -3.65. The van der Waals surface area contributed by atoms with Crippen molar-refractivity contribution >= 4 is 38.6 Å². The van der Waals surface area contributed by atoms with Gasteiger partial charge in [0.05, 0.1) is 29.7 Å². The molecule has 4 aromatic rings. The average molecular weight is 549 g/mol. The topological polar surface area (TPSA) is 76.5 Å². The number of unbranched alkanes of at least 4 members (excludes halogenated alkanes) is 1. The Morgan fingerprint density at radius 3 is 2.56 bits per heavy atom. The SMILES string of the molecule is CCCCN(C(=O)Nc1cccc(Br)c1)C(C)c1nc2ccccc2c(=O)n1-c1ccc(OC)cc1. The summed E-state index contributed by atoms with van der Waals surface area (Å²) < 4.78 is 7.76. The lowest BCUT2D eigenvalue weighted by molar-refractivity contribution is 0.188. The number of halogens is 1. The van der Waals surface area contributed by atoms with Gasteiger partial charge in [0.1, 0.15) is 11.6 Å². The second kappa shape index (κ2) is 11.4. The molecule has 1 heterocycles. The summed E-state index contributed by atoms with van der Waals surface area (Å²) in [6.07, 6.45) is 1.74. The van der Waals surface area contributed by atoms with Gasteiger partial charge in [-0.1, -0.05) is 47.5 Å². The van der Waals surface area contributed by atoms with E-state index in [4.69, 9.17) is 9.72 Å². The predicted molar refractivity (Wildman–Crippen MR) is 147 cm³/mol. The molecule has 1 aromatic heterocycles. The number of amides is 2. The van der Waals surface area contributed by atoms with Crippen molar-refractivity contribution in [3.05, 3.63) is 93.4 Å². The van der Waals surface area contributed by atoms with E-state index in [9.17, 15) is 9.59 Å². The molecule has 0 saturated heterocycles. The second-order valence-corrected chi connectivity index (χ2v) is 9.40. The Morgan fingerprint density at radius 2 is 1.86 bits per heavy atom. The van der Waals surface area contributed by atoms with Gasteiger partial charge in [-0.2, -0.15) is 0 Å². The number of hydrogen-bond acceptors (Lipinski definition) is 4. The highest BCUT2D eigenvalue weighted by molar-refractivity contribution is 9.10. The summed E-state index contributed by atoms with van der Waals surface area (Å²) in [7, 11) is 1.60. The number of nitrogens with zero attached hydrogens (tertiary/aromatic N) is 3. The first kappa shape index (κ1) is 25.4. The van der Waals surface area contributed by atoms with E-state index in [1.54, 1.807) is 34.8 Å². The Balaban J connectivity index is 1.82. The number of urea groups is 1. The van der Waals surface area contributed by atoms with Crippen LogP contribution in [-0.4, -0.2) is 34.1 Å². The number of ether oxygens (including phenoxy) is 1. The van der Waals surface area contributed by atoms with Gasteiger partial charge in [0.2, 0.25) is 0 Å². The van der Waals surface area contributed by atoms with Gasteiger partial charge in [-0.25, -0.2) is 9.78 Å². The average Bonchev–Trinajstić information content (AvgIpc) is 2.89. The number of nitrogens with one attached hydrogen (secondary N) is 1. The summed E-state index contributed by atoms with van der Waals surface area (Å²) in [6.45, 7) is 4.51. The fourth-order valence-corrected chi connectivity index (χ4v) is 4.51. The monoisotopic (exact) mass is 548 g/mol. The normalized spacial score (nSPS) is 11.8. The number of methoxy groups -OCH3 is 1. The molecule has 2 amide bonds. The van der Waals surface area contributed by atoms with E-state index < -0.39 is 6.04 Å². The van der Waals surface area contributed by atoms with Crippen molar-refractivity contribution in [3.63, 3.8) is 0 Å². The third-order valence-corrected chi connectivity index (χ3v) is 6.56. The molecule has 0 fully saturated rings. The third kappa shape index (κ3) is 5.44. The van der Waals surface area contributed by atoms with Gasteiger partial charge in [-0.3, -0.25) is 9.36 Å². The van der Waals surface area contributed by atoms with Crippen molar-refractivity contribution < 1.29 is 9.53 Å². The highest BCUT2D eigenvalue weighted by atomic mass is 79.9. The molecule has 0 saturated carbocycles. The molecule has 7 nitrogen and oxygen atoms in total. The fraction of sp³-hybridized carbons (Fsp3) is 0.250. The largest absolute Gasteiger partial charge is 0.497 e. The molecule has 1 atom stereocenters. The van der Waals surface area contributed by atoms with Crippen LogP contribution in [0.15, 0.2) is 82.1 Å². The van der Waals surface area contributed by atoms with Gasteiger partial charge in [0.25, 0.3) is 5.56 Å². The van der Waals surface area contributed by atoms with Crippen LogP contribution >= 0.6 is 15.9 Å². The van der Waals surface area contributed by atoms with Crippen LogP contribution in [0.2, 0.25) is 0 Å². The molecule has 4 rings (SSSR count). The molecule has 36 heavy (non-hydrogen) atoms. The molecule has 0 spiro atoms.